The van der Waals surface area contributed by atoms with Crippen molar-refractivity contribution in [1.29, 1.82) is 0 Å². The molecule has 1 aromatic carbocycles. The minimum Gasteiger partial charge on any atom is -0.433 e. The highest BCUT2D eigenvalue weighted by atomic mass is 35.5. The Morgan fingerprint density at radius 2 is 2.27 bits per heavy atom. The van der Waals surface area contributed by atoms with Gasteiger partial charge < -0.3 is 9.72 Å². The summed E-state index contributed by atoms with van der Waals surface area (Å²) >= 11 is 5.68. The van der Waals surface area contributed by atoms with Crippen LogP contribution in [-0.4, -0.2) is 16.6 Å². The van der Waals surface area contributed by atoms with Crippen molar-refractivity contribution in [2.45, 2.75) is 12.5 Å². The molecule has 6 heteroatoms. The van der Waals surface area contributed by atoms with E-state index in [-0.39, 0.29) is 11.6 Å². The first-order chi connectivity index (χ1) is 7.22. The SMILES string of the molecule is FC(F)Oc1ccc(CCl)c2nc[nH]c12. The zero-order chi connectivity index (χ0) is 10.8. The van der Waals surface area contributed by atoms with Crippen LogP contribution in [0.3, 0.4) is 0 Å². The molecule has 3 nitrogen and oxygen atoms in total. The van der Waals surface area contributed by atoms with Crippen LogP contribution in [0.15, 0.2) is 18.5 Å². The summed E-state index contributed by atoms with van der Waals surface area (Å²) in [6, 6.07) is 3.07. The first-order valence-corrected chi connectivity index (χ1v) is 4.71. The van der Waals surface area contributed by atoms with Crippen molar-refractivity contribution in [1.82, 2.24) is 9.97 Å². The number of halogens is 3. The van der Waals surface area contributed by atoms with E-state index in [0.717, 1.165) is 5.56 Å². The van der Waals surface area contributed by atoms with Gasteiger partial charge in [-0.1, -0.05) is 6.07 Å². The molecule has 1 N–H and O–H groups in total. The van der Waals surface area contributed by atoms with Gasteiger partial charge in [-0.25, -0.2) is 4.98 Å². The number of hydrogen-bond acceptors (Lipinski definition) is 2. The first kappa shape index (κ1) is 10.2. The zero-order valence-electron chi connectivity index (χ0n) is 7.51. The maximum absolute atomic E-state index is 12.1. The fraction of sp³-hybridized carbons (Fsp3) is 0.222. The Kier molecular flexibility index (Phi) is 2.73. The van der Waals surface area contributed by atoms with Crippen molar-refractivity contribution < 1.29 is 13.5 Å². The monoisotopic (exact) mass is 232 g/mol. The Morgan fingerprint density at radius 3 is 2.93 bits per heavy atom. The van der Waals surface area contributed by atoms with Crippen LogP contribution in [0.1, 0.15) is 5.56 Å². The van der Waals surface area contributed by atoms with E-state index in [4.69, 9.17) is 11.6 Å². The standard InChI is InChI=1S/C9H7ClF2N2O/c10-3-5-1-2-6(15-9(11)12)8-7(5)13-4-14-8/h1-2,4,9H,3H2,(H,13,14). The predicted molar refractivity (Wildman–Crippen MR) is 52.3 cm³/mol. The minimum absolute atomic E-state index is 0.0753. The molecule has 15 heavy (non-hydrogen) atoms. The number of benzene rings is 1. The second kappa shape index (κ2) is 4.02. The number of rotatable bonds is 3. The summed E-state index contributed by atoms with van der Waals surface area (Å²) in [5, 5.41) is 0. The molecule has 2 rings (SSSR count). The molecule has 0 unspecified atom stereocenters. The van der Waals surface area contributed by atoms with Crippen molar-refractivity contribution in [3.05, 3.63) is 24.0 Å². The number of alkyl halides is 3. The summed E-state index contributed by atoms with van der Waals surface area (Å²) in [6.45, 7) is -2.85. The average molecular weight is 233 g/mol. The third-order valence-electron chi connectivity index (χ3n) is 1.99. The Labute approximate surface area is 89.0 Å². The van der Waals surface area contributed by atoms with Crippen molar-refractivity contribution >= 4 is 22.6 Å². The number of aromatic amines is 1. The Balaban J connectivity index is 2.53. The molecular weight excluding hydrogens is 226 g/mol. The van der Waals surface area contributed by atoms with Crippen molar-refractivity contribution in [2.24, 2.45) is 0 Å². The quantitative estimate of drug-likeness (QED) is 0.827. The number of nitrogens with zero attached hydrogens (tertiary/aromatic N) is 1. The van der Waals surface area contributed by atoms with Crippen LogP contribution in [0, 0.1) is 0 Å². The summed E-state index contributed by atoms with van der Waals surface area (Å²) < 4.78 is 28.4. The van der Waals surface area contributed by atoms with E-state index < -0.39 is 6.61 Å². The van der Waals surface area contributed by atoms with Gasteiger partial charge in [-0.05, 0) is 11.6 Å². The summed E-state index contributed by atoms with van der Waals surface area (Å²) in [6.07, 6.45) is 1.42. The highest BCUT2D eigenvalue weighted by Gasteiger charge is 2.12. The average Bonchev–Trinajstić information content (AvgIpc) is 2.66. The molecule has 0 saturated carbocycles. The van der Waals surface area contributed by atoms with Crippen LogP contribution in [0.2, 0.25) is 0 Å². The van der Waals surface area contributed by atoms with E-state index in [1.807, 2.05) is 0 Å². The van der Waals surface area contributed by atoms with Gasteiger partial charge in [-0.3, -0.25) is 0 Å². The van der Waals surface area contributed by atoms with E-state index in [9.17, 15) is 8.78 Å². The van der Waals surface area contributed by atoms with Crippen LogP contribution in [0.25, 0.3) is 11.0 Å². The van der Waals surface area contributed by atoms with E-state index in [1.54, 1.807) is 6.07 Å². The third-order valence-corrected chi connectivity index (χ3v) is 2.27. The molecule has 1 heterocycles. The van der Waals surface area contributed by atoms with Gasteiger partial charge in [0.05, 0.1) is 11.8 Å². The lowest BCUT2D eigenvalue weighted by Gasteiger charge is -2.06. The normalized spacial score (nSPS) is 11.2. The number of ether oxygens (including phenoxy) is 1. The predicted octanol–water partition coefficient (Wildman–Crippen LogP) is 2.90. The van der Waals surface area contributed by atoms with Crippen LogP contribution in [0.5, 0.6) is 5.75 Å². The number of aromatic nitrogens is 2. The zero-order valence-corrected chi connectivity index (χ0v) is 8.26. The molecule has 1 aromatic heterocycles. The third kappa shape index (κ3) is 1.87. The van der Waals surface area contributed by atoms with Crippen LogP contribution in [0.4, 0.5) is 8.78 Å². The molecule has 0 atom stereocenters. The molecule has 80 valence electrons. The van der Waals surface area contributed by atoms with E-state index in [2.05, 4.69) is 14.7 Å². The van der Waals surface area contributed by atoms with Gasteiger partial charge in [0.2, 0.25) is 0 Å². The highest BCUT2D eigenvalue weighted by Crippen LogP contribution is 2.27. The summed E-state index contributed by atoms with van der Waals surface area (Å²) in [5.41, 5.74) is 1.77. The molecule has 0 aliphatic heterocycles. The molecule has 0 bridgehead atoms. The molecule has 0 aliphatic rings. The molecule has 0 aliphatic carbocycles. The maximum Gasteiger partial charge on any atom is 0.387 e. The van der Waals surface area contributed by atoms with Crippen LogP contribution in [-0.2, 0) is 5.88 Å². The second-order valence-corrected chi connectivity index (χ2v) is 3.13. The first-order valence-electron chi connectivity index (χ1n) is 4.18. The van der Waals surface area contributed by atoms with E-state index in [1.165, 1.54) is 12.4 Å². The number of H-pyrrole nitrogens is 1. The second-order valence-electron chi connectivity index (χ2n) is 2.86. The number of imidazole rings is 1. The lowest BCUT2D eigenvalue weighted by Crippen LogP contribution is -2.02. The summed E-state index contributed by atoms with van der Waals surface area (Å²) in [4.78, 5) is 6.73. The Bertz CT molecular complexity index is 472. The highest BCUT2D eigenvalue weighted by molar-refractivity contribution is 6.17. The molecule has 0 saturated heterocycles. The minimum atomic E-state index is -2.85. The topological polar surface area (TPSA) is 37.9 Å². The van der Waals surface area contributed by atoms with Crippen molar-refractivity contribution in [2.75, 3.05) is 0 Å². The van der Waals surface area contributed by atoms with Crippen molar-refractivity contribution in [3.63, 3.8) is 0 Å². The van der Waals surface area contributed by atoms with Gasteiger partial charge >= 0.3 is 6.61 Å². The molecule has 0 radical (unpaired) electrons. The van der Waals surface area contributed by atoms with Crippen LogP contribution >= 0.6 is 11.6 Å². The smallest absolute Gasteiger partial charge is 0.387 e. The van der Waals surface area contributed by atoms with E-state index in [0.29, 0.717) is 11.0 Å². The largest absolute Gasteiger partial charge is 0.433 e. The molecule has 0 fully saturated rings. The Hall–Kier alpha value is -1.36. The van der Waals surface area contributed by atoms with Gasteiger partial charge in [0.1, 0.15) is 5.52 Å². The number of nitrogens with one attached hydrogen (secondary N) is 1. The van der Waals surface area contributed by atoms with Gasteiger partial charge in [0.25, 0.3) is 0 Å². The Morgan fingerprint density at radius 1 is 1.47 bits per heavy atom. The number of fused-ring (bicyclic) bond motifs is 1. The lowest BCUT2D eigenvalue weighted by molar-refractivity contribution is -0.0489. The van der Waals surface area contributed by atoms with Gasteiger partial charge in [0, 0.05) is 5.88 Å². The number of hydrogen-bond donors (Lipinski definition) is 1. The molecule has 0 spiro atoms. The lowest BCUT2D eigenvalue weighted by atomic mass is 10.2. The molecule has 2 aromatic rings. The van der Waals surface area contributed by atoms with Gasteiger partial charge in [-0.15, -0.1) is 11.6 Å². The fourth-order valence-corrected chi connectivity index (χ4v) is 1.58. The van der Waals surface area contributed by atoms with E-state index >= 15 is 0 Å². The van der Waals surface area contributed by atoms with Crippen molar-refractivity contribution in [3.8, 4) is 5.75 Å². The molecule has 0 amide bonds. The van der Waals surface area contributed by atoms with Gasteiger partial charge in [0.15, 0.2) is 5.75 Å². The fourth-order valence-electron chi connectivity index (χ4n) is 1.37. The summed E-state index contributed by atoms with van der Waals surface area (Å²) in [5.74, 6) is 0.349. The van der Waals surface area contributed by atoms with Crippen LogP contribution < -0.4 is 4.74 Å². The van der Waals surface area contributed by atoms with Gasteiger partial charge in [-0.2, -0.15) is 8.78 Å². The molecular formula is C9H7ClF2N2O. The maximum atomic E-state index is 12.1. The summed E-state index contributed by atoms with van der Waals surface area (Å²) in [7, 11) is 0.